The Balaban J connectivity index is 1.61. The Bertz CT molecular complexity index is 898. The summed E-state index contributed by atoms with van der Waals surface area (Å²) in [7, 11) is 0. The molecule has 194 valence electrons. The van der Waals surface area contributed by atoms with E-state index in [0.29, 0.717) is 17.7 Å². The lowest BCUT2D eigenvalue weighted by Crippen LogP contribution is -2.33. The molecule has 0 aliphatic heterocycles. The van der Waals surface area contributed by atoms with Gasteiger partial charge in [0, 0.05) is 11.1 Å². The van der Waals surface area contributed by atoms with Gasteiger partial charge < -0.3 is 14.7 Å². The van der Waals surface area contributed by atoms with Crippen LogP contribution in [0.5, 0.6) is 0 Å². The van der Waals surface area contributed by atoms with Gasteiger partial charge in [-0.25, -0.2) is 0 Å². The molecular weight excluding hydrogens is 461 g/mol. The van der Waals surface area contributed by atoms with Crippen LogP contribution in [0, 0.1) is 0 Å². The van der Waals surface area contributed by atoms with Gasteiger partial charge in [-0.05, 0) is 31.9 Å². The predicted molar refractivity (Wildman–Crippen MR) is 128 cm³/mol. The molecule has 0 spiro atoms. The third-order valence-corrected chi connectivity index (χ3v) is 5.38. The van der Waals surface area contributed by atoms with E-state index < -0.39 is 12.1 Å². The van der Waals surface area contributed by atoms with E-state index in [-0.39, 0.29) is 17.8 Å². The van der Waals surface area contributed by atoms with Gasteiger partial charge in [-0.1, -0.05) is 80.7 Å². The minimum atomic E-state index is -4.71. The number of benzene rings is 1. The van der Waals surface area contributed by atoms with Crippen molar-refractivity contribution < 1.29 is 27.3 Å². The predicted octanol–water partition coefficient (Wildman–Crippen LogP) is 6.80. The van der Waals surface area contributed by atoms with Crippen molar-refractivity contribution in [3.63, 3.8) is 0 Å². The van der Waals surface area contributed by atoms with Crippen molar-refractivity contribution >= 4 is 12.1 Å². The number of carbonyl (C=O) groups is 1. The van der Waals surface area contributed by atoms with Gasteiger partial charge in [-0.2, -0.15) is 18.2 Å². The summed E-state index contributed by atoms with van der Waals surface area (Å²) in [6.45, 7) is 4.53. The molecule has 0 radical (unpaired) electrons. The molecule has 0 fully saturated rings. The first-order chi connectivity index (χ1) is 16.8. The maximum atomic E-state index is 12.6. The third-order valence-electron chi connectivity index (χ3n) is 5.38. The largest absolute Gasteiger partial charge is 0.471 e. The molecule has 0 aliphatic carbocycles. The Morgan fingerprint density at radius 1 is 1.06 bits per heavy atom. The first-order valence-electron chi connectivity index (χ1n) is 12.3. The smallest absolute Gasteiger partial charge is 0.396 e. The summed E-state index contributed by atoms with van der Waals surface area (Å²) in [6, 6.07) is 5.49. The summed E-state index contributed by atoms with van der Waals surface area (Å²) < 4.78 is 42.0. The van der Waals surface area contributed by atoms with E-state index in [9.17, 15) is 18.0 Å². The Hall–Kier alpha value is -2.91. The normalized spacial score (nSPS) is 12.7. The molecule has 1 heterocycles. The molecule has 1 atom stereocenters. The van der Waals surface area contributed by atoms with Crippen LogP contribution in [0.25, 0.3) is 11.4 Å². The molecule has 1 aromatic carbocycles. The molecule has 1 aromatic heterocycles. The number of carbonyl (C=O) groups excluding carboxylic acids is 1. The van der Waals surface area contributed by atoms with Crippen LogP contribution in [-0.2, 0) is 11.0 Å². The topological polar surface area (TPSA) is 89.6 Å². The van der Waals surface area contributed by atoms with Gasteiger partial charge in [0.05, 0.1) is 12.3 Å². The first-order valence-corrected chi connectivity index (χ1v) is 12.3. The molecule has 10 heteroatoms. The van der Waals surface area contributed by atoms with Crippen LogP contribution >= 0.6 is 0 Å². The number of amides is 1. The number of oxime groups is 1. The zero-order chi connectivity index (χ0) is 25.5. The van der Waals surface area contributed by atoms with Crippen LogP contribution in [0.15, 0.2) is 33.9 Å². The summed E-state index contributed by atoms with van der Waals surface area (Å²) in [5, 5.41) is 9.99. The van der Waals surface area contributed by atoms with Crippen LogP contribution in [-0.4, -0.2) is 34.9 Å². The van der Waals surface area contributed by atoms with Crippen LogP contribution in [0.2, 0.25) is 0 Å². The summed E-state index contributed by atoms with van der Waals surface area (Å²) in [5.74, 6) is -1.98. The quantitative estimate of drug-likeness (QED) is 0.157. The van der Waals surface area contributed by atoms with E-state index in [1.807, 2.05) is 0 Å². The first kappa shape index (κ1) is 28.3. The lowest BCUT2D eigenvalue weighted by Gasteiger charge is -2.09. The van der Waals surface area contributed by atoms with E-state index >= 15 is 0 Å². The molecule has 0 bridgehead atoms. The molecule has 0 saturated heterocycles. The molecule has 7 nitrogen and oxygen atoms in total. The van der Waals surface area contributed by atoms with E-state index in [1.54, 1.807) is 6.92 Å². The fourth-order valence-corrected chi connectivity index (χ4v) is 3.40. The fraction of sp³-hybridized carbons (Fsp3) is 0.600. The highest BCUT2D eigenvalue weighted by atomic mass is 19.4. The number of alkyl halides is 3. The highest BCUT2D eigenvalue weighted by Crippen LogP contribution is 2.29. The minimum Gasteiger partial charge on any atom is -0.396 e. The second-order valence-electron chi connectivity index (χ2n) is 8.53. The van der Waals surface area contributed by atoms with Crippen LogP contribution in [0.3, 0.4) is 0 Å². The lowest BCUT2D eigenvalue weighted by molar-refractivity contribution is -0.159. The van der Waals surface area contributed by atoms with Crippen molar-refractivity contribution in [1.29, 1.82) is 0 Å². The molecule has 1 N–H and O–H groups in total. The van der Waals surface area contributed by atoms with E-state index in [1.165, 1.54) is 81.8 Å². The van der Waals surface area contributed by atoms with Crippen molar-refractivity contribution in [2.75, 3.05) is 6.61 Å². The Labute approximate surface area is 204 Å². The number of hydrogen-bond acceptors (Lipinski definition) is 6. The third kappa shape index (κ3) is 10.9. The van der Waals surface area contributed by atoms with Gasteiger partial charge in [-0.3, -0.25) is 4.79 Å². The highest BCUT2D eigenvalue weighted by Gasteiger charge is 2.38. The van der Waals surface area contributed by atoms with Crippen molar-refractivity contribution in [1.82, 2.24) is 15.5 Å². The fourth-order valence-electron chi connectivity index (χ4n) is 3.40. The average Bonchev–Trinajstić information content (AvgIpc) is 3.33. The van der Waals surface area contributed by atoms with Crippen LogP contribution in [0.1, 0.15) is 94.3 Å². The van der Waals surface area contributed by atoms with Gasteiger partial charge >= 0.3 is 12.1 Å². The van der Waals surface area contributed by atoms with Crippen LogP contribution < -0.4 is 5.32 Å². The zero-order valence-corrected chi connectivity index (χ0v) is 20.4. The molecule has 35 heavy (non-hydrogen) atoms. The van der Waals surface area contributed by atoms with Gasteiger partial charge in [-0.15, -0.1) is 0 Å². The summed E-state index contributed by atoms with van der Waals surface area (Å²) in [6.07, 6.45) is 9.31. The molecule has 1 amide bonds. The number of hydrogen-bond donors (Lipinski definition) is 1. The minimum absolute atomic E-state index is 0.204. The number of nitrogens with zero attached hydrogens (tertiary/aromatic N) is 3. The number of nitrogens with one attached hydrogen (secondary N) is 1. The molecule has 2 rings (SSSR count). The van der Waals surface area contributed by atoms with Gasteiger partial charge in [0.1, 0.15) is 6.61 Å². The maximum absolute atomic E-state index is 12.6. The van der Waals surface area contributed by atoms with E-state index in [4.69, 9.17) is 4.84 Å². The van der Waals surface area contributed by atoms with Gasteiger partial charge in [0.2, 0.25) is 5.82 Å². The van der Waals surface area contributed by atoms with Crippen molar-refractivity contribution in [2.45, 2.75) is 90.3 Å². The monoisotopic (exact) mass is 496 g/mol. The number of halogens is 3. The van der Waals surface area contributed by atoms with Crippen molar-refractivity contribution in [2.24, 2.45) is 5.16 Å². The lowest BCUT2D eigenvalue weighted by atomic mass is 10.1. The second-order valence-corrected chi connectivity index (χ2v) is 8.53. The highest BCUT2D eigenvalue weighted by molar-refractivity contribution is 5.96. The molecule has 0 saturated carbocycles. The Kier molecular flexibility index (Phi) is 12.3. The standard InChI is InChI=1S/C25H35F3N4O3/c1-3-4-5-6-7-8-9-10-11-12-17-34-29-18-19(2)30-23(33)21-15-13-20(14-16-21)22-31-24(35-32-22)25(26,27)28/h13-16,18-19H,3-12,17H2,1-2H3,(H,30,33)/b29-18+. The number of rotatable bonds is 16. The Morgan fingerprint density at radius 2 is 1.66 bits per heavy atom. The van der Waals surface area contributed by atoms with Gasteiger partial charge in [0.25, 0.3) is 5.91 Å². The average molecular weight is 497 g/mol. The number of aromatic nitrogens is 2. The summed E-state index contributed by atoms with van der Waals surface area (Å²) >= 11 is 0. The molecule has 1 unspecified atom stereocenters. The molecule has 0 aliphatic rings. The molecule has 2 aromatic rings. The second kappa shape index (κ2) is 15.2. The zero-order valence-electron chi connectivity index (χ0n) is 20.4. The van der Waals surface area contributed by atoms with Crippen LogP contribution in [0.4, 0.5) is 13.2 Å². The maximum Gasteiger partial charge on any atom is 0.471 e. The van der Waals surface area contributed by atoms with Gasteiger partial charge in [0.15, 0.2) is 0 Å². The summed E-state index contributed by atoms with van der Waals surface area (Å²) in [5.41, 5.74) is 0.635. The van der Waals surface area contributed by atoms with E-state index in [0.717, 1.165) is 12.8 Å². The van der Waals surface area contributed by atoms with Crippen molar-refractivity contribution in [3.8, 4) is 11.4 Å². The van der Waals surface area contributed by atoms with E-state index in [2.05, 4.69) is 32.1 Å². The Morgan fingerprint density at radius 3 is 2.23 bits per heavy atom. The molecular formula is C25H35F3N4O3. The number of unbranched alkanes of at least 4 members (excludes halogenated alkanes) is 9. The van der Waals surface area contributed by atoms with Crippen molar-refractivity contribution in [3.05, 3.63) is 35.7 Å². The SMILES string of the molecule is CCCCCCCCCCCCO/N=C/C(C)NC(=O)c1ccc(-c2noc(C(F)(F)F)n2)cc1. The summed E-state index contributed by atoms with van der Waals surface area (Å²) in [4.78, 5) is 21.0.